The summed E-state index contributed by atoms with van der Waals surface area (Å²) in [6.07, 6.45) is 5.67. The van der Waals surface area contributed by atoms with Gasteiger partial charge in [0.15, 0.2) is 0 Å². The molecule has 0 saturated heterocycles. The fourth-order valence-corrected chi connectivity index (χ4v) is 2.66. The fourth-order valence-electron chi connectivity index (χ4n) is 2.66. The summed E-state index contributed by atoms with van der Waals surface area (Å²) in [5, 5.41) is 0. The number of rotatable bonds is 3. The lowest BCUT2D eigenvalue weighted by Crippen LogP contribution is -2.42. The summed E-state index contributed by atoms with van der Waals surface area (Å²) in [4.78, 5) is 38.6. The van der Waals surface area contributed by atoms with Gasteiger partial charge in [-0.1, -0.05) is 6.92 Å². The quantitative estimate of drug-likeness (QED) is 0.879. The lowest BCUT2D eigenvalue weighted by atomic mass is 9.87. The molecule has 1 aliphatic rings. The minimum atomic E-state index is -0.545. The first-order valence-electron chi connectivity index (χ1n) is 7.03. The second-order valence-electron chi connectivity index (χ2n) is 5.66. The summed E-state index contributed by atoms with van der Waals surface area (Å²) in [5.74, 6) is 0.635. The summed E-state index contributed by atoms with van der Waals surface area (Å²) >= 11 is 0. The number of carbonyl (C=O) groups excluding carboxylic acids is 1. The van der Waals surface area contributed by atoms with E-state index in [1.165, 1.54) is 16.8 Å². The Bertz CT molecular complexity index is 582. The number of aromatic amines is 1. The molecule has 0 unspecified atom stereocenters. The van der Waals surface area contributed by atoms with E-state index < -0.39 is 11.2 Å². The second kappa shape index (κ2) is 6.07. The number of amides is 1. The fraction of sp³-hybridized carbons (Fsp3) is 0.643. The van der Waals surface area contributed by atoms with E-state index >= 15 is 0 Å². The minimum absolute atomic E-state index is 0.0296. The van der Waals surface area contributed by atoms with E-state index in [4.69, 9.17) is 0 Å². The summed E-state index contributed by atoms with van der Waals surface area (Å²) in [6, 6.07) is 1.51. The van der Waals surface area contributed by atoms with Crippen molar-refractivity contribution in [1.29, 1.82) is 0 Å². The maximum Gasteiger partial charge on any atom is 0.328 e. The van der Waals surface area contributed by atoms with Crippen LogP contribution >= 0.6 is 0 Å². The van der Waals surface area contributed by atoms with Crippen molar-refractivity contribution >= 4 is 5.91 Å². The highest BCUT2D eigenvalue weighted by molar-refractivity contribution is 5.76. The van der Waals surface area contributed by atoms with E-state index in [0.717, 1.165) is 31.6 Å². The molecule has 1 aliphatic carbocycles. The van der Waals surface area contributed by atoms with Crippen LogP contribution in [0.1, 0.15) is 32.6 Å². The topological polar surface area (TPSA) is 75.2 Å². The van der Waals surface area contributed by atoms with Gasteiger partial charge in [0.05, 0.1) is 0 Å². The third kappa shape index (κ3) is 3.37. The zero-order chi connectivity index (χ0) is 14.7. The highest BCUT2D eigenvalue weighted by atomic mass is 16.2. The molecule has 1 fully saturated rings. The van der Waals surface area contributed by atoms with Gasteiger partial charge < -0.3 is 4.90 Å². The molecule has 1 amide bonds. The van der Waals surface area contributed by atoms with E-state index in [2.05, 4.69) is 11.9 Å². The van der Waals surface area contributed by atoms with Crippen molar-refractivity contribution in [3.05, 3.63) is 33.1 Å². The third-order valence-corrected chi connectivity index (χ3v) is 4.13. The van der Waals surface area contributed by atoms with Gasteiger partial charge in [-0.3, -0.25) is 19.1 Å². The Morgan fingerprint density at radius 3 is 2.60 bits per heavy atom. The highest BCUT2D eigenvalue weighted by Gasteiger charge is 2.24. The average Bonchev–Trinajstić information content (AvgIpc) is 2.42. The number of H-pyrrole nitrogens is 1. The summed E-state index contributed by atoms with van der Waals surface area (Å²) in [7, 11) is 1.79. The minimum Gasteiger partial charge on any atom is -0.341 e. The van der Waals surface area contributed by atoms with E-state index in [-0.39, 0.29) is 18.5 Å². The molecule has 110 valence electrons. The maximum atomic E-state index is 12.2. The van der Waals surface area contributed by atoms with Crippen molar-refractivity contribution in [3.63, 3.8) is 0 Å². The maximum absolute atomic E-state index is 12.2. The molecule has 6 nitrogen and oxygen atoms in total. The molecule has 1 saturated carbocycles. The van der Waals surface area contributed by atoms with E-state index in [0.29, 0.717) is 0 Å². The standard InChI is InChI=1S/C14H21N3O3/c1-10-3-5-11(6-4-10)16(2)13(19)9-17-8-7-12(18)15-14(17)20/h7-8,10-11H,3-6,9H2,1-2H3,(H,15,18,20). The largest absolute Gasteiger partial charge is 0.341 e. The van der Waals surface area contributed by atoms with Crippen LogP contribution < -0.4 is 11.2 Å². The zero-order valence-corrected chi connectivity index (χ0v) is 12.0. The van der Waals surface area contributed by atoms with Gasteiger partial charge in [0.2, 0.25) is 5.91 Å². The predicted octanol–water partition coefficient (Wildman–Crippen LogP) is 0.574. The van der Waals surface area contributed by atoms with Crippen molar-refractivity contribution in [1.82, 2.24) is 14.5 Å². The van der Waals surface area contributed by atoms with Crippen LogP contribution in [0.5, 0.6) is 0 Å². The van der Waals surface area contributed by atoms with Crippen molar-refractivity contribution in [2.45, 2.75) is 45.2 Å². The Morgan fingerprint density at radius 2 is 2.00 bits per heavy atom. The van der Waals surface area contributed by atoms with E-state index in [1.54, 1.807) is 11.9 Å². The molecular weight excluding hydrogens is 258 g/mol. The Labute approximate surface area is 117 Å². The molecule has 20 heavy (non-hydrogen) atoms. The second-order valence-corrected chi connectivity index (χ2v) is 5.66. The first-order valence-corrected chi connectivity index (χ1v) is 7.03. The number of likely N-dealkylation sites (N-methyl/N-ethyl adjacent to an activating group) is 1. The van der Waals surface area contributed by atoms with E-state index in [9.17, 15) is 14.4 Å². The molecule has 2 rings (SSSR count). The molecule has 0 bridgehead atoms. The molecule has 0 aliphatic heterocycles. The molecule has 0 aromatic carbocycles. The Kier molecular flexibility index (Phi) is 4.42. The van der Waals surface area contributed by atoms with Gasteiger partial charge in [0, 0.05) is 25.4 Å². The number of hydrogen-bond donors (Lipinski definition) is 1. The van der Waals surface area contributed by atoms with Crippen LogP contribution in [0.25, 0.3) is 0 Å². The van der Waals surface area contributed by atoms with Crippen LogP contribution in [0.4, 0.5) is 0 Å². The van der Waals surface area contributed by atoms with Crippen LogP contribution in [-0.4, -0.2) is 33.4 Å². The van der Waals surface area contributed by atoms with Gasteiger partial charge in [-0.2, -0.15) is 0 Å². The molecule has 0 radical (unpaired) electrons. The molecule has 0 atom stereocenters. The average molecular weight is 279 g/mol. The molecule has 0 spiro atoms. The number of carbonyl (C=O) groups is 1. The molecule has 1 aromatic rings. The molecular formula is C14H21N3O3. The number of hydrogen-bond acceptors (Lipinski definition) is 3. The molecule has 6 heteroatoms. The van der Waals surface area contributed by atoms with Crippen LogP contribution in [0, 0.1) is 5.92 Å². The predicted molar refractivity (Wildman–Crippen MR) is 75.5 cm³/mol. The van der Waals surface area contributed by atoms with Crippen LogP contribution in [0.2, 0.25) is 0 Å². The first kappa shape index (κ1) is 14.6. The zero-order valence-electron chi connectivity index (χ0n) is 12.0. The van der Waals surface area contributed by atoms with Crippen molar-refractivity contribution < 1.29 is 4.79 Å². The third-order valence-electron chi connectivity index (χ3n) is 4.13. The Balaban J connectivity index is 2.00. The molecule has 1 aromatic heterocycles. The van der Waals surface area contributed by atoms with Crippen LogP contribution in [0.15, 0.2) is 21.9 Å². The van der Waals surface area contributed by atoms with Gasteiger partial charge in [-0.05, 0) is 31.6 Å². The van der Waals surface area contributed by atoms with Gasteiger partial charge in [0.25, 0.3) is 5.56 Å². The molecule has 1 heterocycles. The highest BCUT2D eigenvalue weighted by Crippen LogP contribution is 2.26. The smallest absolute Gasteiger partial charge is 0.328 e. The summed E-state index contributed by atoms with van der Waals surface area (Å²) < 4.78 is 1.23. The van der Waals surface area contributed by atoms with E-state index in [1.807, 2.05) is 0 Å². The lowest BCUT2D eigenvalue weighted by Gasteiger charge is -2.33. The lowest BCUT2D eigenvalue weighted by molar-refractivity contribution is -0.133. The van der Waals surface area contributed by atoms with Crippen LogP contribution in [-0.2, 0) is 11.3 Å². The summed E-state index contributed by atoms with van der Waals surface area (Å²) in [6.45, 7) is 2.20. The Morgan fingerprint density at radius 1 is 1.35 bits per heavy atom. The van der Waals surface area contributed by atoms with Crippen molar-refractivity contribution in [2.75, 3.05) is 7.05 Å². The van der Waals surface area contributed by atoms with Gasteiger partial charge in [-0.15, -0.1) is 0 Å². The van der Waals surface area contributed by atoms with Gasteiger partial charge in [0.1, 0.15) is 6.54 Å². The van der Waals surface area contributed by atoms with Crippen molar-refractivity contribution in [3.8, 4) is 0 Å². The number of nitrogens with zero attached hydrogens (tertiary/aromatic N) is 2. The molecule has 1 N–H and O–H groups in total. The Hall–Kier alpha value is -1.85. The summed E-state index contributed by atoms with van der Waals surface area (Å²) in [5.41, 5.74) is -0.996. The normalized spacial score (nSPS) is 22.5. The SMILES string of the molecule is CC1CCC(N(C)C(=O)Cn2ccc(=O)[nH]c2=O)CC1. The number of aromatic nitrogens is 2. The van der Waals surface area contributed by atoms with Crippen molar-refractivity contribution in [2.24, 2.45) is 5.92 Å². The van der Waals surface area contributed by atoms with Crippen LogP contribution in [0.3, 0.4) is 0 Å². The first-order chi connectivity index (χ1) is 9.47. The monoisotopic (exact) mass is 279 g/mol. The van der Waals surface area contributed by atoms with Gasteiger partial charge in [-0.25, -0.2) is 4.79 Å². The number of nitrogens with one attached hydrogen (secondary N) is 1. The van der Waals surface area contributed by atoms with Gasteiger partial charge >= 0.3 is 5.69 Å².